The van der Waals surface area contributed by atoms with Gasteiger partial charge in [-0.1, -0.05) is 23.7 Å². The Bertz CT molecular complexity index is 562. The van der Waals surface area contributed by atoms with E-state index in [4.69, 9.17) is 11.6 Å². The van der Waals surface area contributed by atoms with Gasteiger partial charge in [0.15, 0.2) is 5.78 Å². The molecule has 1 aromatic carbocycles. The minimum Gasteiger partial charge on any atom is -0.293 e. The van der Waals surface area contributed by atoms with Crippen LogP contribution in [0.4, 0.5) is 0 Å². The van der Waals surface area contributed by atoms with Crippen molar-refractivity contribution < 1.29 is 4.79 Å². The lowest BCUT2D eigenvalue weighted by Gasteiger charge is -2.00. The van der Waals surface area contributed by atoms with Gasteiger partial charge in [0, 0.05) is 11.4 Å². The summed E-state index contributed by atoms with van der Waals surface area (Å²) in [6.45, 7) is 3.78. The highest BCUT2D eigenvalue weighted by molar-refractivity contribution is 7.13. The molecule has 17 heavy (non-hydrogen) atoms. The summed E-state index contributed by atoms with van der Waals surface area (Å²) in [7, 11) is 0. The van der Waals surface area contributed by atoms with Gasteiger partial charge in [-0.2, -0.15) is 0 Å². The maximum atomic E-state index is 12.1. The molecule has 0 amide bonds. The molecule has 0 spiro atoms. The highest BCUT2D eigenvalue weighted by Crippen LogP contribution is 2.20. The molecule has 0 fully saturated rings. The van der Waals surface area contributed by atoms with Gasteiger partial charge < -0.3 is 0 Å². The summed E-state index contributed by atoms with van der Waals surface area (Å²) in [5, 5.41) is 1.59. The van der Waals surface area contributed by atoms with Crippen LogP contribution in [0.5, 0.6) is 0 Å². The average Bonchev–Trinajstić information content (AvgIpc) is 2.58. The van der Waals surface area contributed by atoms with Crippen LogP contribution in [0, 0.1) is 13.8 Å². The average molecular weight is 266 g/mol. The third-order valence-electron chi connectivity index (χ3n) is 2.41. The van der Waals surface area contributed by atoms with Crippen molar-refractivity contribution in [1.29, 1.82) is 0 Å². The van der Waals surface area contributed by atoms with E-state index in [1.54, 1.807) is 6.07 Å². The molecule has 1 heterocycles. The molecular weight excluding hydrogens is 254 g/mol. The number of carbonyl (C=O) groups is 1. The van der Waals surface area contributed by atoms with E-state index in [1.807, 2.05) is 32.0 Å². The van der Waals surface area contributed by atoms with Crippen LogP contribution in [0.3, 0.4) is 0 Å². The standard InChI is InChI=1S/C13H12ClNOS/c1-8-13(17-9(2)15-8)12(16)7-10-4-3-5-11(14)6-10/h3-6H,7H2,1-2H3. The highest BCUT2D eigenvalue weighted by Gasteiger charge is 2.14. The van der Waals surface area contributed by atoms with Crippen molar-refractivity contribution in [2.45, 2.75) is 20.3 Å². The molecular formula is C13H12ClNOS. The molecule has 0 atom stereocenters. The van der Waals surface area contributed by atoms with Gasteiger partial charge >= 0.3 is 0 Å². The molecule has 1 aromatic heterocycles. The Kier molecular flexibility index (Phi) is 3.60. The van der Waals surface area contributed by atoms with E-state index in [2.05, 4.69) is 4.98 Å². The number of benzene rings is 1. The first-order valence-electron chi connectivity index (χ1n) is 5.28. The molecule has 0 unspecified atom stereocenters. The van der Waals surface area contributed by atoms with Crippen LogP contribution in [0.25, 0.3) is 0 Å². The summed E-state index contributed by atoms with van der Waals surface area (Å²) in [4.78, 5) is 17.1. The molecule has 0 radical (unpaired) electrons. The molecule has 0 aliphatic heterocycles. The van der Waals surface area contributed by atoms with E-state index in [-0.39, 0.29) is 5.78 Å². The lowest BCUT2D eigenvalue weighted by Crippen LogP contribution is -2.03. The lowest BCUT2D eigenvalue weighted by molar-refractivity contribution is 0.0996. The van der Waals surface area contributed by atoms with Crippen molar-refractivity contribution in [2.75, 3.05) is 0 Å². The minimum absolute atomic E-state index is 0.107. The van der Waals surface area contributed by atoms with Crippen LogP contribution in [0.1, 0.15) is 25.9 Å². The first-order valence-corrected chi connectivity index (χ1v) is 6.47. The molecule has 2 aromatic rings. The second-order valence-corrected chi connectivity index (χ2v) is 5.52. The number of aromatic nitrogens is 1. The van der Waals surface area contributed by atoms with Crippen LogP contribution in [-0.2, 0) is 6.42 Å². The molecule has 0 aliphatic carbocycles. The van der Waals surface area contributed by atoms with Crippen molar-refractivity contribution in [1.82, 2.24) is 4.98 Å². The fraction of sp³-hybridized carbons (Fsp3) is 0.231. The summed E-state index contributed by atoms with van der Waals surface area (Å²) in [6.07, 6.45) is 0.378. The first-order chi connectivity index (χ1) is 8.06. The molecule has 0 saturated carbocycles. The SMILES string of the molecule is Cc1nc(C)c(C(=O)Cc2cccc(Cl)c2)s1. The number of nitrogens with zero attached hydrogens (tertiary/aromatic N) is 1. The molecule has 0 saturated heterocycles. The first kappa shape index (κ1) is 12.3. The lowest BCUT2D eigenvalue weighted by atomic mass is 10.1. The van der Waals surface area contributed by atoms with Gasteiger partial charge in [0.05, 0.1) is 15.6 Å². The van der Waals surface area contributed by atoms with E-state index in [0.717, 1.165) is 21.1 Å². The summed E-state index contributed by atoms with van der Waals surface area (Å²) in [5.74, 6) is 0.107. The van der Waals surface area contributed by atoms with Gasteiger partial charge in [0.1, 0.15) is 0 Å². The van der Waals surface area contributed by atoms with Gasteiger partial charge in [0.25, 0.3) is 0 Å². The molecule has 0 bridgehead atoms. The van der Waals surface area contributed by atoms with E-state index in [1.165, 1.54) is 11.3 Å². The molecule has 88 valence electrons. The van der Waals surface area contributed by atoms with Crippen LogP contribution < -0.4 is 0 Å². The number of hydrogen-bond donors (Lipinski definition) is 0. The van der Waals surface area contributed by atoms with Crippen molar-refractivity contribution in [3.63, 3.8) is 0 Å². The minimum atomic E-state index is 0.107. The zero-order valence-electron chi connectivity index (χ0n) is 9.66. The fourth-order valence-corrected chi connectivity index (χ4v) is 2.77. The zero-order valence-corrected chi connectivity index (χ0v) is 11.2. The summed E-state index contributed by atoms with van der Waals surface area (Å²) in [5.41, 5.74) is 1.76. The molecule has 2 nitrogen and oxygen atoms in total. The molecule has 0 aliphatic rings. The number of Topliss-reactive ketones (excluding diaryl/α,β-unsaturated/α-hetero) is 1. The predicted octanol–water partition coefficient (Wildman–Crippen LogP) is 3.84. The van der Waals surface area contributed by atoms with E-state index >= 15 is 0 Å². The highest BCUT2D eigenvalue weighted by atomic mass is 35.5. The number of aryl methyl sites for hydroxylation is 2. The van der Waals surface area contributed by atoms with E-state index < -0.39 is 0 Å². The summed E-state index contributed by atoms with van der Waals surface area (Å²) in [6, 6.07) is 7.39. The quantitative estimate of drug-likeness (QED) is 0.790. The second-order valence-electron chi connectivity index (χ2n) is 3.88. The zero-order chi connectivity index (χ0) is 12.4. The number of rotatable bonds is 3. The number of thiazole rings is 1. The molecule has 0 N–H and O–H groups in total. The number of carbonyl (C=O) groups excluding carboxylic acids is 1. The Morgan fingerprint density at radius 2 is 2.18 bits per heavy atom. The van der Waals surface area contributed by atoms with Crippen molar-refractivity contribution in [2.24, 2.45) is 0 Å². The van der Waals surface area contributed by atoms with Crippen LogP contribution in [-0.4, -0.2) is 10.8 Å². The van der Waals surface area contributed by atoms with Gasteiger partial charge in [-0.25, -0.2) is 4.98 Å². The Morgan fingerprint density at radius 1 is 1.41 bits per heavy atom. The predicted molar refractivity (Wildman–Crippen MR) is 71.1 cm³/mol. The van der Waals surface area contributed by atoms with E-state index in [0.29, 0.717) is 11.4 Å². The van der Waals surface area contributed by atoms with E-state index in [9.17, 15) is 4.79 Å². The van der Waals surface area contributed by atoms with Crippen molar-refractivity contribution in [3.8, 4) is 0 Å². The third-order valence-corrected chi connectivity index (χ3v) is 3.76. The Morgan fingerprint density at radius 3 is 2.76 bits per heavy atom. The Labute approximate surface area is 109 Å². The number of halogens is 1. The Balaban J connectivity index is 2.20. The van der Waals surface area contributed by atoms with Crippen LogP contribution in [0.2, 0.25) is 5.02 Å². The van der Waals surface area contributed by atoms with Gasteiger partial charge in [-0.05, 0) is 31.5 Å². The van der Waals surface area contributed by atoms with Crippen molar-refractivity contribution >= 4 is 28.7 Å². The number of ketones is 1. The second kappa shape index (κ2) is 4.98. The summed E-state index contributed by atoms with van der Waals surface area (Å²) >= 11 is 7.34. The largest absolute Gasteiger partial charge is 0.293 e. The van der Waals surface area contributed by atoms with Gasteiger partial charge in [-0.15, -0.1) is 11.3 Å². The smallest absolute Gasteiger partial charge is 0.179 e. The number of hydrogen-bond acceptors (Lipinski definition) is 3. The Hall–Kier alpha value is -1.19. The fourth-order valence-electron chi connectivity index (χ4n) is 1.70. The van der Waals surface area contributed by atoms with Gasteiger partial charge in [-0.3, -0.25) is 4.79 Å². The third kappa shape index (κ3) is 2.93. The van der Waals surface area contributed by atoms with Crippen molar-refractivity contribution in [3.05, 3.63) is 50.4 Å². The topological polar surface area (TPSA) is 30.0 Å². The monoisotopic (exact) mass is 265 g/mol. The maximum Gasteiger partial charge on any atom is 0.179 e. The van der Waals surface area contributed by atoms with Crippen LogP contribution >= 0.6 is 22.9 Å². The normalized spacial score (nSPS) is 10.5. The van der Waals surface area contributed by atoms with Gasteiger partial charge in [0.2, 0.25) is 0 Å². The summed E-state index contributed by atoms with van der Waals surface area (Å²) < 4.78 is 0. The maximum absolute atomic E-state index is 12.1. The molecule has 2 rings (SSSR count). The molecule has 4 heteroatoms. The van der Waals surface area contributed by atoms with Crippen LogP contribution in [0.15, 0.2) is 24.3 Å².